The lowest BCUT2D eigenvalue weighted by atomic mass is 10.1. The summed E-state index contributed by atoms with van der Waals surface area (Å²) in [4.78, 5) is 17.8. The topological polar surface area (TPSA) is 23.6 Å². The van der Waals surface area contributed by atoms with Gasteiger partial charge in [0.2, 0.25) is 0 Å². The minimum Gasteiger partial charge on any atom is -0.336 e. The fourth-order valence-electron chi connectivity index (χ4n) is 3.00. The SMILES string of the molecule is O=C(c1cccc(S)c1)N1CCN2CCCC2C1. The minimum atomic E-state index is 0.150. The van der Waals surface area contributed by atoms with Crippen molar-refractivity contribution < 1.29 is 4.79 Å². The highest BCUT2D eigenvalue weighted by Gasteiger charge is 2.32. The summed E-state index contributed by atoms with van der Waals surface area (Å²) >= 11 is 4.29. The maximum atomic E-state index is 12.4. The molecular formula is C14H18N2OS. The molecule has 0 N–H and O–H groups in total. The van der Waals surface area contributed by atoms with Crippen LogP contribution < -0.4 is 0 Å². The zero-order valence-electron chi connectivity index (χ0n) is 10.4. The maximum absolute atomic E-state index is 12.4. The number of carbonyl (C=O) groups is 1. The number of hydrogen-bond donors (Lipinski definition) is 1. The molecule has 4 heteroatoms. The number of piperazine rings is 1. The van der Waals surface area contributed by atoms with Crippen LogP contribution in [0, 0.1) is 0 Å². The smallest absolute Gasteiger partial charge is 0.253 e. The van der Waals surface area contributed by atoms with Crippen LogP contribution in [0.1, 0.15) is 23.2 Å². The molecule has 1 unspecified atom stereocenters. The Labute approximate surface area is 113 Å². The Morgan fingerprint density at radius 1 is 1.28 bits per heavy atom. The molecule has 2 saturated heterocycles. The van der Waals surface area contributed by atoms with E-state index in [0.29, 0.717) is 6.04 Å². The van der Waals surface area contributed by atoms with Gasteiger partial charge in [-0.05, 0) is 37.6 Å². The van der Waals surface area contributed by atoms with Gasteiger partial charge in [-0.3, -0.25) is 9.69 Å². The molecule has 0 saturated carbocycles. The molecule has 2 heterocycles. The van der Waals surface area contributed by atoms with E-state index >= 15 is 0 Å². The Morgan fingerprint density at radius 3 is 3.00 bits per heavy atom. The van der Waals surface area contributed by atoms with Crippen molar-refractivity contribution in [2.45, 2.75) is 23.8 Å². The van der Waals surface area contributed by atoms with Gasteiger partial charge in [-0.1, -0.05) is 6.07 Å². The molecule has 2 aliphatic rings. The van der Waals surface area contributed by atoms with Crippen molar-refractivity contribution in [2.24, 2.45) is 0 Å². The highest BCUT2D eigenvalue weighted by atomic mass is 32.1. The summed E-state index contributed by atoms with van der Waals surface area (Å²) < 4.78 is 0. The molecule has 1 aromatic rings. The van der Waals surface area contributed by atoms with Crippen molar-refractivity contribution in [1.29, 1.82) is 0 Å². The first kappa shape index (κ1) is 12.1. The van der Waals surface area contributed by atoms with Crippen molar-refractivity contribution in [3.63, 3.8) is 0 Å². The monoisotopic (exact) mass is 262 g/mol. The third-order valence-electron chi connectivity index (χ3n) is 3.97. The largest absolute Gasteiger partial charge is 0.336 e. The molecule has 1 amide bonds. The average Bonchev–Trinajstić information content (AvgIpc) is 2.85. The van der Waals surface area contributed by atoms with Crippen LogP contribution in [0.4, 0.5) is 0 Å². The van der Waals surface area contributed by atoms with Crippen LogP contribution in [0.15, 0.2) is 29.2 Å². The van der Waals surface area contributed by atoms with Gasteiger partial charge in [0.25, 0.3) is 5.91 Å². The molecule has 96 valence electrons. The summed E-state index contributed by atoms with van der Waals surface area (Å²) in [5, 5.41) is 0. The average molecular weight is 262 g/mol. The number of nitrogens with zero attached hydrogens (tertiary/aromatic N) is 2. The first-order valence-electron chi connectivity index (χ1n) is 6.56. The number of carbonyl (C=O) groups excluding carboxylic acids is 1. The van der Waals surface area contributed by atoms with Gasteiger partial charge in [-0.15, -0.1) is 12.6 Å². The Hall–Kier alpha value is -1.00. The van der Waals surface area contributed by atoms with E-state index < -0.39 is 0 Å². The van der Waals surface area contributed by atoms with E-state index in [1.54, 1.807) is 0 Å². The van der Waals surface area contributed by atoms with Gasteiger partial charge in [-0.25, -0.2) is 0 Å². The highest BCUT2D eigenvalue weighted by Crippen LogP contribution is 2.22. The second-order valence-electron chi connectivity index (χ2n) is 5.13. The highest BCUT2D eigenvalue weighted by molar-refractivity contribution is 7.80. The molecule has 3 nitrogen and oxygen atoms in total. The van der Waals surface area contributed by atoms with Crippen molar-refractivity contribution in [1.82, 2.24) is 9.80 Å². The molecule has 3 rings (SSSR count). The zero-order valence-corrected chi connectivity index (χ0v) is 11.3. The fraction of sp³-hybridized carbons (Fsp3) is 0.500. The number of amides is 1. The summed E-state index contributed by atoms with van der Waals surface area (Å²) in [6.07, 6.45) is 2.51. The van der Waals surface area contributed by atoms with Gasteiger partial charge in [0.15, 0.2) is 0 Å². The van der Waals surface area contributed by atoms with E-state index in [4.69, 9.17) is 0 Å². The zero-order chi connectivity index (χ0) is 12.5. The molecule has 1 atom stereocenters. The lowest BCUT2D eigenvalue weighted by Gasteiger charge is -2.37. The molecule has 0 spiro atoms. The second-order valence-corrected chi connectivity index (χ2v) is 5.65. The van der Waals surface area contributed by atoms with Crippen molar-refractivity contribution in [3.05, 3.63) is 29.8 Å². The van der Waals surface area contributed by atoms with E-state index in [0.717, 1.165) is 30.1 Å². The van der Waals surface area contributed by atoms with Gasteiger partial charge >= 0.3 is 0 Å². The van der Waals surface area contributed by atoms with Crippen LogP contribution in [-0.4, -0.2) is 47.9 Å². The number of benzene rings is 1. The second kappa shape index (κ2) is 4.94. The molecule has 2 fully saturated rings. The first-order valence-corrected chi connectivity index (χ1v) is 7.01. The summed E-state index contributed by atoms with van der Waals surface area (Å²) in [5.74, 6) is 0.150. The van der Waals surface area contributed by atoms with Crippen molar-refractivity contribution in [2.75, 3.05) is 26.2 Å². The van der Waals surface area contributed by atoms with E-state index in [2.05, 4.69) is 17.5 Å². The first-order chi connectivity index (χ1) is 8.74. The molecule has 0 aromatic heterocycles. The van der Waals surface area contributed by atoms with E-state index in [1.807, 2.05) is 29.2 Å². The van der Waals surface area contributed by atoms with Crippen molar-refractivity contribution >= 4 is 18.5 Å². The molecule has 0 aliphatic carbocycles. The summed E-state index contributed by atoms with van der Waals surface area (Å²) in [6, 6.07) is 8.10. The molecule has 0 bridgehead atoms. The molecule has 1 aromatic carbocycles. The van der Waals surface area contributed by atoms with E-state index in [1.165, 1.54) is 19.4 Å². The molecule has 2 aliphatic heterocycles. The Balaban J connectivity index is 1.73. The van der Waals surface area contributed by atoms with Crippen LogP contribution in [0.3, 0.4) is 0 Å². The van der Waals surface area contributed by atoms with Crippen LogP contribution >= 0.6 is 12.6 Å². The molecular weight excluding hydrogens is 244 g/mol. The molecule has 18 heavy (non-hydrogen) atoms. The Bertz CT molecular complexity index is 463. The number of fused-ring (bicyclic) bond motifs is 1. The minimum absolute atomic E-state index is 0.150. The van der Waals surface area contributed by atoms with Crippen LogP contribution in [0.2, 0.25) is 0 Å². The van der Waals surface area contributed by atoms with Gasteiger partial charge in [0.05, 0.1) is 0 Å². The fourth-order valence-corrected chi connectivity index (χ4v) is 3.22. The Morgan fingerprint density at radius 2 is 2.17 bits per heavy atom. The number of thiol groups is 1. The van der Waals surface area contributed by atoms with Gasteiger partial charge in [0.1, 0.15) is 0 Å². The third-order valence-corrected chi connectivity index (χ3v) is 4.25. The van der Waals surface area contributed by atoms with Gasteiger partial charge < -0.3 is 4.90 Å². The lowest BCUT2D eigenvalue weighted by Crippen LogP contribution is -2.52. The van der Waals surface area contributed by atoms with Crippen LogP contribution in [0.25, 0.3) is 0 Å². The van der Waals surface area contributed by atoms with E-state index in [9.17, 15) is 4.79 Å². The number of rotatable bonds is 1. The van der Waals surface area contributed by atoms with Gasteiger partial charge in [-0.2, -0.15) is 0 Å². The number of hydrogen-bond acceptors (Lipinski definition) is 3. The predicted molar refractivity (Wildman–Crippen MR) is 74.2 cm³/mol. The van der Waals surface area contributed by atoms with Crippen LogP contribution in [-0.2, 0) is 0 Å². The third kappa shape index (κ3) is 2.27. The van der Waals surface area contributed by atoms with Crippen LogP contribution in [0.5, 0.6) is 0 Å². The van der Waals surface area contributed by atoms with Crippen molar-refractivity contribution in [3.8, 4) is 0 Å². The van der Waals surface area contributed by atoms with E-state index in [-0.39, 0.29) is 5.91 Å². The summed E-state index contributed by atoms with van der Waals surface area (Å²) in [5.41, 5.74) is 0.758. The lowest BCUT2D eigenvalue weighted by molar-refractivity contribution is 0.0571. The summed E-state index contributed by atoms with van der Waals surface area (Å²) in [7, 11) is 0. The Kier molecular flexibility index (Phi) is 3.31. The predicted octanol–water partition coefficient (Wildman–Crippen LogP) is 1.90. The normalized spacial score (nSPS) is 24.1. The summed E-state index contributed by atoms with van der Waals surface area (Å²) in [6.45, 7) is 3.97. The maximum Gasteiger partial charge on any atom is 0.253 e. The standard InChI is InChI=1S/C14H18N2OS/c17-14(11-3-1-5-13(18)9-11)16-8-7-15-6-2-4-12(15)10-16/h1,3,5,9,12,18H,2,4,6-8,10H2. The van der Waals surface area contributed by atoms with Gasteiger partial charge in [0, 0.05) is 36.1 Å². The molecule has 0 radical (unpaired) electrons. The quantitative estimate of drug-likeness (QED) is 0.781.